The van der Waals surface area contributed by atoms with Gasteiger partial charge in [-0.25, -0.2) is 0 Å². The maximum atomic E-state index is 11.0. The van der Waals surface area contributed by atoms with Crippen molar-refractivity contribution in [1.29, 1.82) is 0 Å². The summed E-state index contributed by atoms with van der Waals surface area (Å²) in [4.78, 5) is 32.7. The Labute approximate surface area is 235 Å². The lowest BCUT2D eigenvalue weighted by atomic mass is 9.96. The summed E-state index contributed by atoms with van der Waals surface area (Å²) in [6.45, 7) is 17.4. The minimum atomic E-state index is 0.0186. The molecule has 0 saturated carbocycles. The van der Waals surface area contributed by atoms with E-state index in [1.54, 1.807) is 59.6 Å². The van der Waals surface area contributed by atoms with Crippen LogP contribution in [0.5, 0.6) is 0 Å². The van der Waals surface area contributed by atoms with E-state index in [2.05, 4.69) is 29.9 Å². The number of hydrogen-bond donors (Lipinski definition) is 0. The largest absolute Gasteiger partial charge is 0.384 e. The molecule has 0 unspecified atom stereocenters. The van der Waals surface area contributed by atoms with E-state index in [4.69, 9.17) is 9.47 Å². The molecule has 2 aromatic rings. The van der Waals surface area contributed by atoms with Crippen molar-refractivity contribution in [2.45, 2.75) is 41.5 Å². The van der Waals surface area contributed by atoms with Crippen LogP contribution in [-0.2, 0) is 18.9 Å². The third-order valence-corrected chi connectivity index (χ3v) is 5.02. The molecule has 0 aliphatic heterocycles. The van der Waals surface area contributed by atoms with Gasteiger partial charge in [-0.05, 0) is 39.3 Å². The first-order chi connectivity index (χ1) is 18.3. The van der Waals surface area contributed by atoms with Gasteiger partial charge in [-0.2, -0.15) is 0 Å². The van der Waals surface area contributed by atoms with Gasteiger partial charge < -0.3 is 18.9 Å². The van der Waals surface area contributed by atoms with Gasteiger partial charge in [0, 0.05) is 50.5 Å². The molecule has 0 N–H and O–H groups in total. The van der Waals surface area contributed by atoms with Gasteiger partial charge in [-0.15, -0.1) is 0 Å². The number of carbonyl (C=O) groups excluding carboxylic acids is 3. The predicted molar refractivity (Wildman–Crippen MR) is 159 cm³/mol. The maximum absolute atomic E-state index is 11.0. The number of rotatable bonds is 11. The summed E-state index contributed by atoms with van der Waals surface area (Å²) >= 11 is 0. The van der Waals surface area contributed by atoms with E-state index in [1.807, 2.05) is 31.2 Å². The highest BCUT2D eigenvalue weighted by Crippen LogP contribution is 2.14. The van der Waals surface area contributed by atoms with Crippen LogP contribution in [0.4, 0.5) is 0 Å². The second kappa shape index (κ2) is 21.9. The molecule has 0 fully saturated rings. The molecule has 0 saturated heterocycles. The van der Waals surface area contributed by atoms with Crippen LogP contribution in [0.3, 0.4) is 0 Å². The lowest BCUT2D eigenvalue weighted by molar-refractivity contribution is 0.0341. The molecule has 0 amide bonds. The fourth-order valence-corrected chi connectivity index (χ4v) is 2.93. The van der Waals surface area contributed by atoms with Crippen molar-refractivity contribution in [3.63, 3.8) is 0 Å². The average Bonchev–Trinajstić information content (AvgIpc) is 2.88. The molecular formula is C32H48O7. The zero-order valence-electron chi connectivity index (χ0n) is 25.5. The standard InChI is InChI=1S/C11H12O.C10H10O2.C7H16O2.C4H10O2/c1-8(2)10-5-4-6-11(7-10)9(3)12;1-7(11)9-3-5-10(6-4-9)8(2)12;1-7(2,5-8-3)6-9-4;1-5-3-4-6-2/h4-7H,1H2,2-3H3;3-6H,1-2H3;5-6H2,1-4H3;3-4H2,1-2H3. The SMILES string of the molecule is C=C(C)c1cccc(C(C)=O)c1.CC(=O)c1ccc(C(C)=O)cc1.COCC(C)(C)COC.COCCOC. The van der Waals surface area contributed by atoms with E-state index in [0.717, 1.165) is 29.9 Å². The van der Waals surface area contributed by atoms with Crippen molar-refractivity contribution in [1.82, 2.24) is 0 Å². The van der Waals surface area contributed by atoms with Crippen molar-refractivity contribution >= 4 is 22.9 Å². The van der Waals surface area contributed by atoms with Crippen molar-refractivity contribution in [2.24, 2.45) is 5.41 Å². The average molecular weight is 545 g/mol. The highest BCUT2D eigenvalue weighted by molar-refractivity contribution is 5.97. The Morgan fingerprint density at radius 1 is 0.615 bits per heavy atom. The molecule has 0 aromatic heterocycles. The smallest absolute Gasteiger partial charge is 0.159 e. The second-order valence-corrected chi connectivity index (χ2v) is 9.62. The second-order valence-electron chi connectivity index (χ2n) is 9.62. The fourth-order valence-electron chi connectivity index (χ4n) is 2.93. The molecule has 0 aliphatic rings. The van der Waals surface area contributed by atoms with E-state index in [0.29, 0.717) is 24.3 Å². The quantitative estimate of drug-likeness (QED) is 0.233. The molecule has 0 spiro atoms. The number of allylic oxidation sites excluding steroid dienone is 1. The normalized spacial score (nSPS) is 10.0. The molecule has 0 aliphatic carbocycles. The van der Waals surface area contributed by atoms with Crippen molar-refractivity contribution in [3.05, 3.63) is 77.4 Å². The van der Waals surface area contributed by atoms with Crippen LogP contribution in [0.1, 0.15) is 78.2 Å². The molecule has 0 heterocycles. The molecule has 0 radical (unpaired) electrons. The van der Waals surface area contributed by atoms with Crippen LogP contribution in [0.15, 0.2) is 55.1 Å². The van der Waals surface area contributed by atoms with Gasteiger partial charge in [0.25, 0.3) is 0 Å². The Bertz CT molecular complexity index is 918. The van der Waals surface area contributed by atoms with Gasteiger partial charge in [0.05, 0.1) is 26.4 Å². The third-order valence-electron chi connectivity index (χ3n) is 5.02. The van der Waals surface area contributed by atoms with Gasteiger partial charge in [0.15, 0.2) is 17.3 Å². The highest BCUT2D eigenvalue weighted by Gasteiger charge is 2.16. The molecule has 2 rings (SSSR count). The van der Waals surface area contributed by atoms with Crippen molar-refractivity contribution in [3.8, 4) is 0 Å². The van der Waals surface area contributed by atoms with Crippen molar-refractivity contribution < 1.29 is 33.3 Å². The Balaban J connectivity index is 0. The van der Waals surface area contributed by atoms with Gasteiger partial charge in [0.1, 0.15) is 0 Å². The summed E-state index contributed by atoms with van der Waals surface area (Å²) in [7, 11) is 6.72. The molecule has 7 nitrogen and oxygen atoms in total. The number of hydrogen-bond acceptors (Lipinski definition) is 7. The first-order valence-corrected chi connectivity index (χ1v) is 12.6. The molecular weight excluding hydrogens is 496 g/mol. The zero-order valence-corrected chi connectivity index (χ0v) is 25.5. The number of ether oxygens (including phenoxy) is 4. The molecule has 218 valence electrons. The Hall–Kier alpha value is -2.97. The Morgan fingerprint density at radius 2 is 0.974 bits per heavy atom. The molecule has 0 atom stereocenters. The molecule has 2 aromatic carbocycles. The topological polar surface area (TPSA) is 88.1 Å². The molecule has 0 bridgehead atoms. The van der Waals surface area contributed by atoms with Gasteiger partial charge >= 0.3 is 0 Å². The highest BCUT2D eigenvalue weighted by atomic mass is 16.5. The van der Waals surface area contributed by atoms with E-state index >= 15 is 0 Å². The van der Waals surface area contributed by atoms with Crippen LogP contribution < -0.4 is 0 Å². The van der Waals surface area contributed by atoms with Gasteiger partial charge in [-0.1, -0.05) is 68.5 Å². The van der Waals surface area contributed by atoms with Gasteiger partial charge in [0.2, 0.25) is 0 Å². The van der Waals surface area contributed by atoms with Crippen LogP contribution in [0, 0.1) is 5.41 Å². The Morgan fingerprint density at radius 3 is 1.26 bits per heavy atom. The number of carbonyl (C=O) groups is 3. The number of Topliss-reactive ketones (excluding diaryl/α,β-unsaturated/α-hetero) is 3. The summed E-state index contributed by atoms with van der Waals surface area (Å²) in [6.07, 6.45) is 0. The van der Waals surface area contributed by atoms with E-state index in [9.17, 15) is 14.4 Å². The number of ketones is 3. The van der Waals surface area contributed by atoms with E-state index < -0.39 is 0 Å². The van der Waals surface area contributed by atoms with Gasteiger partial charge in [-0.3, -0.25) is 14.4 Å². The van der Waals surface area contributed by atoms with Crippen molar-refractivity contribution in [2.75, 3.05) is 54.9 Å². The van der Waals surface area contributed by atoms with Crippen LogP contribution in [-0.4, -0.2) is 72.2 Å². The number of methoxy groups -OCH3 is 4. The summed E-state index contributed by atoms with van der Waals surface area (Å²) in [5, 5.41) is 0. The monoisotopic (exact) mass is 544 g/mol. The molecule has 39 heavy (non-hydrogen) atoms. The third kappa shape index (κ3) is 19.7. The number of benzene rings is 2. The summed E-state index contributed by atoms with van der Waals surface area (Å²) in [6, 6.07) is 14.2. The van der Waals surface area contributed by atoms with E-state index in [1.165, 1.54) is 13.8 Å². The van der Waals surface area contributed by atoms with Crippen LogP contribution in [0.25, 0.3) is 5.57 Å². The first-order valence-electron chi connectivity index (χ1n) is 12.6. The minimum absolute atomic E-state index is 0.0186. The first kappa shape index (κ1) is 38.2. The fraction of sp³-hybridized carbons (Fsp3) is 0.469. The predicted octanol–water partition coefficient (Wildman–Crippen LogP) is 6.60. The maximum Gasteiger partial charge on any atom is 0.159 e. The summed E-state index contributed by atoms with van der Waals surface area (Å²) in [5.74, 6) is 0.133. The van der Waals surface area contributed by atoms with Crippen LogP contribution >= 0.6 is 0 Å². The summed E-state index contributed by atoms with van der Waals surface area (Å²) in [5.41, 5.74) is 4.19. The Kier molecular flexibility index (Phi) is 21.4. The van der Waals surface area contributed by atoms with E-state index in [-0.39, 0.29) is 22.8 Å². The van der Waals surface area contributed by atoms with Crippen LogP contribution in [0.2, 0.25) is 0 Å². The zero-order chi connectivity index (χ0) is 30.4. The minimum Gasteiger partial charge on any atom is -0.384 e. The lowest BCUT2D eigenvalue weighted by Gasteiger charge is -2.21. The molecule has 7 heteroatoms. The lowest BCUT2D eigenvalue weighted by Crippen LogP contribution is -2.23. The summed E-state index contributed by atoms with van der Waals surface area (Å²) < 4.78 is 19.3.